The van der Waals surface area contributed by atoms with Crippen LogP contribution in [0.2, 0.25) is 10.0 Å². The third-order valence-corrected chi connectivity index (χ3v) is 4.36. The van der Waals surface area contributed by atoms with E-state index in [4.69, 9.17) is 35.4 Å². The molecule has 3 aromatic rings. The number of aromatic nitrogens is 3. The van der Waals surface area contributed by atoms with Crippen molar-refractivity contribution in [3.8, 4) is 11.4 Å². The van der Waals surface area contributed by atoms with Gasteiger partial charge in [0.25, 0.3) is 0 Å². The molecule has 0 spiro atoms. The molecule has 1 N–H and O–H groups in total. The van der Waals surface area contributed by atoms with E-state index in [2.05, 4.69) is 31.2 Å². The minimum absolute atomic E-state index is 0.374. The standard InChI is InChI=1S/C15H9BrCl2N4S/c16-10-3-1-9(2-4-10)8-19-22-14(20-21-15(22)23)12-6-5-11(17)7-13(12)18/h1-8H,(H,21,23). The predicted octanol–water partition coefficient (Wildman–Crippen LogP) is 5.56. The molecule has 0 amide bonds. The van der Waals surface area contributed by atoms with Gasteiger partial charge in [-0.3, -0.25) is 0 Å². The van der Waals surface area contributed by atoms with Crippen LogP contribution in [-0.4, -0.2) is 21.1 Å². The molecule has 0 saturated carbocycles. The molecule has 4 nitrogen and oxygen atoms in total. The summed E-state index contributed by atoms with van der Waals surface area (Å²) in [4.78, 5) is 0. The van der Waals surface area contributed by atoms with Crippen LogP contribution in [0.3, 0.4) is 0 Å². The van der Waals surface area contributed by atoms with E-state index in [0.717, 1.165) is 10.0 Å². The van der Waals surface area contributed by atoms with Gasteiger partial charge in [-0.2, -0.15) is 14.9 Å². The summed E-state index contributed by atoms with van der Waals surface area (Å²) in [7, 11) is 0. The molecule has 2 aromatic carbocycles. The van der Waals surface area contributed by atoms with Crippen molar-refractivity contribution in [1.29, 1.82) is 0 Å². The molecule has 23 heavy (non-hydrogen) atoms. The number of hydrogen-bond acceptors (Lipinski definition) is 3. The molecule has 0 fully saturated rings. The van der Waals surface area contributed by atoms with Gasteiger partial charge in [0, 0.05) is 15.1 Å². The van der Waals surface area contributed by atoms with E-state index in [1.54, 1.807) is 24.4 Å². The maximum atomic E-state index is 6.24. The van der Waals surface area contributed by atoms with Gasteiger partial charge in [-0.15, -0.1) is 0 Å². The van der Waals surface area contributed by atoms with Gasteiger partial charge in [-0.1, -0.05) is 51.3 Å². The summed E-state index contributed by atoms with van der Waals surface area (Å²) in [5.41, 5.74) is 1.63. The minimum Gasteiger partial charge on any atom is -0.250 e. The Morgan fingerprint density at radius 2 is 1.91 bits per heavy atom. The number of nitrogens with one attached hydrogen (secondary N) is 1. The first-order chi connectivity index (χ1) is 11.0. The van der Waals surface area contributed by atoms with Crippen molar-refractivity contribution < 1.29 is 0 Å². The SMILES string of the molecule is S=c1[nH]nc(-c2ccc(Cl)cc2Cl)n1N=Cc1ccc(Br)cc1. The van der Waals surface area contributed by atoms with Crippen LogP contribution >= 0.6 is 51.3 Å². The fourth-order valence-electron chi connectivity index (χ4n) is 1.92. The zero-order valence-corrected chi connectivity index (χ0v) is 15.4. The fraction of sp³-hybridized carbons (Fsp3) is 0. The molecule has 0 aliphatic carbocycles. The summed E-state index contributed by atoms with van der Waals surface area (Å²) >= 11 is 20.8. The average Bonchev–Trinajstić information content (AvgIpc) is 2.88. The molecule has 0 aliphatic heterocycles. The molecular formula is C15H9BrCl2N4S. The maximum Gasteiger partial charge on any atom is 0.216 e. The Kier molecular flexibility index (Phi) is 4.96. The Labute approximate surface area is 155 Å². The topological polar surface area (TPSA) is 46.0 Å². The van der Waals surface area contributed by atoms with Crippen molar-refractivity contribution in [3.05, 3.63) is 67.3 Å². The van der Waals surface area contributed by atoms with Gasteiger partial charge in [0.1, 0.15) is 0 Å². The number of nitrogens with zero attached hydrogens (tertiary/aromatic N) is 3. The van der Waals surface area contributed by atoms with Gasteiger partial charge in [-0.05, 0) is 48.1 Å². The summed E-state index contributed by atoms with van der Waals surface area (Å²) < 4.78 is 2.90. The van der Waals surface area contributed by atoms with Gasteiger partial charge in [-0.25, -0.2) is 5.10 Å². The zero-order valence-electron chi connectivity index (χ0n) is 11.5. The summed E-state index contributed by atoms with van der Waals surface area (Å²) in [5, 5.41) is 12.3. The van der Waals surface area contributed by atoms with Crippen LogP contribution in [0.5, 0.6) is 0 Å². The van der Waals surface area contributed by atoms with Crippen molar-refractivity contribution in [3.63, 3.8) is 0 Å². The largest absolute Gasteiger partial charge is 0.250 e. The van der Waals surface area contributed by atoms with Crippen LogP contribution in [0.15, 0.2) is 52.0 Å². The first kappa shape index (κ1) is 16.4. The third kappa shape index (κ3) is 3.72. The van der Waals surface area contributed by atoms with Gasteiger partial charge in [0.15, 0.2) is 5.82 Å². The smallest absolute Gasteiger partial charge is 0.216 e. The third-order valence-electron chi connectivity index (χ3n) is 3.01. The maximum absolute atomic E-state index is 6.24. The number of aromatic amines is 1. The summed E-state index contributed by atoms with van der Waals surface area (Å²) in [6, 6.07) is 12.9. The molecular weight excluding hydrogens is 419 g/mol. The molecule has 0 unspecified atom stereocenters. The predicted molar refractivity (Wildman–Crippen MR) is 100 cm³/mol. The molecule has 0 radical (unpaired) electrons. The van der Waals surface area contributed by atoms with Crippen molar-refractivity contribution in [1.82, 2.24) is 14.9 Å². The van der Waals surface area contributed by atoms with Crippen LogP contribution in [0.1, 0.15) is 5.56 Å². The minimum atomic E-state index is 0.374. The van der Waals surface area contributed by atoms with E-state index >= 15 is 0 Å². The van der Waals surface area contributed by atoms with Crippen LogP contribution in [0.25, 0.3) is 11.4 Å². The molecule has 0 bridgehead atoms. The Bertz CT molecular complexity index is 931. The van der Waals surface area contributed by atoms with Crippen LogP contribution in [0.4, 0.5) is 0 Å². The molecule has 8 heteroatoms. The first-order valence-corrected chi connectivity index (χ1v) is 8.43. The second-order valence-corrected chi connectivity index (χ2v) is 6.73. The number of halogens is 3. The molecule has 116 valence electrons. The second-order valence-electron chi connectivity index (χ2n) is 4.58. The van der Waals surface area contributed by atoms with Gasteiger partial charge < -0.3 is 0 Å². The Balaban J connectivity index is 2.02. The number of benzene rings is 2. The fourth-order valence-corrected chi connectivity index (χ4v) is 2.85. The Hall–Kier alpha value is -1.47. The Morgan fingerprint density at radius 3 is 2.61 bits per heavy atom. The molecule has 1 heterocycles. The highest BCUT2D eigenvalue weighted by molar-refractivity contribution is 9.10. The van der Waals surface area contributed by atoms with Crippen molar-refractivity contribution in [2.75, 3.05) is 0 Å². The lowest BCUT2D eigenvalue weighted by molar-refractivity contribution is 0.871. The van der Waals surface area contributed by atoms with Crippen LogP contribution in [0, 0.1) is 4.77 Å². The van der Waals surface area contributed by atoms with Crippen molar-refractivity contribution >= 4 is 57.6 Å². The molecule has 1 aromatic heterocycles. The van der Waals surface area contributed by atoms with Gasteiger partial charge >= 0.3 is 0 Å². The quantitative estimate of drug-likeness (QED) is 0.439. The number of hydrogen-bond donors (Lipinski definition) is 1. The lowest BCUT2D eigenvalue weighted by Crippen LogP contribution is -1.95. The van der Waals surface area contributed by atoms with Crippen molar-refractivity contribution in [2.45, 2.75) is 0 Å². The highest BCUT2D eigenvalue weighted by atomic mass is 79.9. The summed E-state index contributed by atoms with van der Waals surface area (Å²) in [6.45, 7) is 0. The Morgan fingerprint density at radius 1 is 1.17 bits per heavy atom. The molecule has 0 aliphatic rings. The highest BCUT2D eigenvalue weighted by Gasteiger charge is 2.12. The van der Waals surface area contributed by atoms with E-state index in [9.17, 15) is 0 Å². The van der Waals surface area contributed by atoms with Gasteiger partial charge in [0.05, 0.1) is 11.2 Å². The lowest BCUT2D eigenvalue weighted by atomic mass is 10.2. The highest BCUT2D eigenvalue weighted by Crippen LogP contribution is 2.29. The number of H-pyrrole nitrogens is 1. The molecule has 0 atom stereocenters. The molecule has 3 rings (SSSR count). The van der Waals surface area contributed by atoms with E-state index in [-0.39, 0.29) is 0 Å². The average molecular weight is 428 g/mol. The normalized spacial score (nSPS) is 11.3. The van der Waals surface area contributed by atoms with E-state index in [1.165, 1.54) is 4.68 Å². The van der Waals surface area contributed by atoms with Crippen LogP contribution in [-0.2, 0) is 0 Å². The second kappa shape index (κ2) is 6.97. The van der Waals surface area contributed by atoms with E-state index < -0.39 is 0 Å². The zero-order chi connectivity index (χ0) is 16.4. The van der Waals surface area contributed by atoms with Gasteiger partial charge in [0.2, 0.25) is 4.77 Å². The monoisotopic (exact) mass is 426 g/mol. The van der Waals surface area contributed by atoms with Crippen molar-refractivity contribution in [2.24, 2.45) is 5.10 Å². The summed E-state index contributed by atoms with van der Waals surface area (Å²) in [6.07, 6.45) is 1.70. The van der Waals surface area contributed by atoms with E-state index in [0.29, 0.717) is 26.2 Å². The summed E-state index contributed by atoms with van der Waals surface area (Å²) in [5.74, 6) is 0.519. The number of rotatable bonds is 3. The lowest BCUT2D eigenvalue weighted by Gasteiger charge is -2.04. The van der Waals surface area contributed by atoms with Crippen LogP contribution < -0.4 is 0 Å². The molecule has 0 saturated heterocycles. The van der Waals surface area contributed by atoms with E-state index in [1.807, 2.05) is 24.3 Å². The first-order valence-electron chi connectivity index (χ1n) is 6.47.